The number of rotatable bonds is 5. The van der Waals surface area contributed by atoms with Crippen molar-refractivity contribution >= 4 is 57.4 Å². The third-order valence-corrected chi connectivity index (χ3v) is 6.90. The summed E-state index contributed by atoms with van der Waals surface area (Å²) in [6.45, 7) is 3.26. The Bertz CT molecular complexity index is 763. The van der Waals surface area contributed by atoms with E-state index in [2.05, 4.69) is 25.5 Å². The lowest BCUT2D eigenvalue weighted by molar-refractivity contribution is 0.444. The second-order valence-corrected chi connectivity index (χ2v) is 8.95. The number of nitrogens with one attached hydrogen (secondary N) is 2. The Hall–Kier alpha value is -0.850. The zero-order valence-corrected chi connectivity index (χ0v) is 19.2. The molecule has 0 bridgehead atoms. The Balaban J connectivity index is 0.00000261. The van der Waals surface area contributed by atoms with Gasteiger partial charge in [-0.05, 0) is 25.0 Å². The highest BCUT2D eigenvalue weighted by Gasteiger charge is 2.28. The molecule has 1 aromatic rings. The van der Waals surface area contributed by atoms with Crippen LogP contribution in [0.15, 0.2) is 23.3 Å². The number of nitrogens with zero attached hydrogens (tertiary/aromatic N) is 4. The van der Waals surface area contributed by atoms with Gasteiger partial charge in [0.05, 0.1) is 10.8 Å². The molecule has 11 heteroatoms. The Morgan fingerprint density at radius 3 is 2.93 bits per heavy atom. The molecule has 2 fully saturated rings. The molecule has 0 radical (unpaired) electrons. The van der Waals surface area contributed by atoms with E-state index >= 15 is 0 Å². The van der Waals surface area contributed by atoms with E-state index in [9.17, 15) is 8.42 Å². The van der Waals surface area contributed by atoms with E-state index in [0.717, 1.165) is 25.3 Å². The molecule has 0 spiro atoms. The summed E-state index contributed by atoms with van der Waals surface area (Å²) in [5.41, 5.74) is 0. The molecule has 0 aliphatic carbocycles. The van der Waals surface area contributed by atoms with Crippen LogP contribution in [0.5, 0.6) is 0 Å². The summed E-state index contributed by atoms with van der Waals surface area (Å²) in [5, 5.41) is 7.24. The van der Waals surface area contributed by atoms with Crippen molar-refractivity contribution in [3.8, 4) is 0 Å². The molecule has 27 heavy (non-hydrogen) atoms. The Kier molecular flexibility index (Phi) is 8.38. The SMILES string of the molecule is CN=C(NCCN1CCCS1(=O)=O)NC1CCN(c2ncccc2Cl)C1.I. The maximum Gasteiger partial charge on any atom is 0.214 e. The lowest BCUT2D eigenvalue weighted by atomic mass is 10.3. The van der Waals surface area contributed by atoms with Crippen molar-refractivity contribution in [2.24, 2.45) is 4.99 Å². The quantitative estimate of drug-likeness (QED) is 0.338. The Morgan fingerprint density at radius 1 is 1.44 bits per heavy atom. The largest absolute Gasteiger partial charge is 0.355 e. The van der Waals surface area contributed by atoms with Gasteiger partial charge in [0.1, 0.15) is 5.82 Å². The van der Waals surface area contributed by atoms with Gasteiger partial charge in [-0.3, -0.25) is 4.99 Å². The van der Waals surface area contributed by atoms with Crippen LogP contribution < -0.4 is 15.5 Å². The summed E-state index contributed by atoms with van der Waals surface area (Å²) < 4.78 is 25.2. The summed E-state index contributed by atoms with van der Waals surface area (Å²) in [6.07, 6.45) is 3.41. The lowest BCUT2D eigenvalue weighted by Crippen LogP contribution is -2.46. The third-order valence-electron chi connectivity index (χ3n) is 4.65. The van der Waals surface area contributed by atoms with Crippen LogP contribution in [-0.4, -0.2) is 75.2 Å². The van der Waals surface area contributed by atoms with E-state index in [-0.39, 0.29) is 35.8 Å². The van der Waals surface area contributed by atoms with Gasteiger partial charge < -0.3 is 15.5 Å². The number of hydrogen-bond donors (Lipinski definition) is 2. The van der Waals surface area contributed by atoms with Gasteiger partial charge in [-0.15, -0.1) is 24.0 Å². The molecule has 2 aliphatic heterocycles. The third kappa shape index (κ3) is 5.81. The van der Waals surface area contributed by atoms with Gasteiger partial charge in [0.15, 0.2) is 5.96 Å². The first-order chi connectivity index (χ1) is 12.5. The number of anilines is 1. The predicted octanol–water partition coefficient (Wildman–Crippen LogP) is 1.13. The summed E-state index contributed by atoms with van der Waals surface area (Å²) in [4.78, 5) is 10.7. The highest BCUT2D eigenvalue weighted by molar-refractivity contribution is 14.0. The first kappa shape index (κ1) is 22.4. The number of aliphatic imine (C=N–C) groups is 1. The van der Waals surface area contributed by atoms with Crippen LogP contribution in [0.4, 0.5) is 5.82 Å². The molecule has 8 nitrogen and oxygen atoms in total. The molecule has 3 heterocycles. The van der Waals surface area contributed by atoms with E-state index in [1.165, 1.54) is 4.31 Å². The van der Waals surface area contributed by atoms with Gasteiger partial charge in [-0.2, -0.15) is 0 Å². The average Bonchev–Trinajstić information content (AvgIpc) is 3.21. The van der Waals surface area contributed by atoms with Crippen molar-refractivity contribution in [2.45, 2.75) is 18.9 Å². The number of hydrogen-bond acceptors (Lipinski definition) is 5. The maximum atomic E-state index is 11.8. The minimum absolute atomic E-state index is 0. The summed E-state index contributed by atoms with van der Waals surface area (Å²) in [7, 11) is -1.34. The van der Waals surface area contributed by atoms with E-state index in [4.69, 9.17) is 11.6 Å². The van der Waals surface area contributed by atoms with Crippen LogP contribution in [0, 0.1) is 0 Å². The predicted molar refractivity (Wildman–Crippen MR) is 120 cm³/mol. The van der Waals surface area contributed by atoms with Gasteiger partial charge >= 0.3 is 0 Å². The van der Waals surface area contributed by atoms with Crippen molar-refractivity contribution < 1.29 is 8.42 Å². The number of pyridine rings is 1. The topological polar surface area (TPSA) is 89.9 Å². The fraction of sp³-hybridized carbons (Fsp3) is 0.625. The average molecular weight is 529 g/mol. The standard InChI is InChI=1S/C16H25ClN6O2S.HI/c1-18-16(20-7-10-23-8-3-11-26(23,24)25)21-13-5-9-22(12-13)15-14(17)4-2-6-19-15;/h2,4,6,13H,3,5,7-12H2,1H3,(H2,18,20,21);1H. The molecule has 152 valence electrons. The number of guanidine groups is 1. The monoisotopic (exact) mass is 528 g/mol. The molecule has 0 amide bonds. The first-order valence-electron chi connectivity index (χ1n) is 8.80. The zero-order valence-electron chi connectivity index (χ0n) is 15.3. The highest BCUT2D eigenvalue weighted by atomic mass is 127. The molecule has 2 aliphatic rings. The Morgan fingerprint density at radius 2 is 2.26 bits per heavy atom. The molecule has 0 saturated carbocycles. The first-order valence-corrected chi connectivity index (χ1v) is 10.8. The molecule has 3 rings (SSSR count). The van der Waals surface area contributed by atoms with Crippen LogP contribution in [-0.2, 0) is 10.0 Å². The molecule has 1 unspecified atom stereocenters. The molecular formula is C16H26ClIN6O2S. The number of halogens is 2. The fourth-order valence-electron chi connectivity index (χ4n) is 3.31. The Labute approximate surface area is 182 Å². The molecule has 0 aromatic carbocycles. The van der Waals surface area contributed by atoms with Crippen LogP contribution in [0.25, 0.3) is 0 Å². The van der Waals surface area contributed by atoms with Crippen LogP contribution >= 0.6 is 35.6 Å². The molecule has 1 aromatic heterocycles. The second-order valence-electron chi connectivity index (χ2n) is 6.45. The lowest BCUT2D eigenvalue weighted by Gasteiger charge is -2.21. The van der Waals surface area contributed by atoms with Crippen molar-refractivity contribution in [1.29, 1.82) is 0 Å². The van der Waals surface area contributed by atoms with Gasteiger partial charge in [0.2, 0.25) is 10.0 Å². The number of aromatic nitrogens is 1. The van der Waals surface area contributed by atoms with Gasteiger partial charge in [0, 0.05) is 52.0 Å². The smallest absolute Gasteiger partial charge is 0.214 e. The normalized spacial score (nSPS) is 22.5. The van der Waals surface area contributed by atoms with E-state index in [1.807, 2.05) is 12.1 Å². The highest BCUT2D eigenvalue weighted by Crippen LogP contribution is 2.25. The number of sulfonamides is 1. The molecule has 2 N–H and O–H groups in total. The van der Waals surface area contributed by atoms with Crippen LogP contribution in [0.3, 0.4) is 0 Å². The fourth-order valence-corrected chi connectivity index (χ4v) is 5.08. The van der Waals surface area contributed by atoms with Crippen molar-refractivity contribution in [3.63, 3.8) is 0 Å². The van der Waals surface area contributed by atoms with E-state index in [0.29, 0.717) is 37.0 Å². The maximum absolute atomic E-state index is 11.8. The summed E-state index contributed by atoms with van der Waals surface area (Å²) >= 11 is 6.22. The summed E-state index contributed by atoms with van der Waals surface area (Å²) in [6, 6.07) is 3.90. The molecular weight excluding hydrogens is 503 g/mol. The minimum Gasteiger partial charge on any atom is -0.355 e. The summed E-state index contributed by atoms with van der Waals surface area (Å²) in [5.74, 6) is 1.75. The molecule has 1 atom stereocenters. The van der Waals surface area contributed by atoms with Crippen molar-refractivity contribution in [1.82, 2.24) is 19.9 Å². The van der Waals surface area contributed by atoms with Crippen molar-refractivity contribution in [3.05, 3.63) is 23.4 Å². The minimum atomic E-state index is -3.05. The van der Waals surface area contributed by atoms with Crippen LogP contribution in [0.1, 0.15) is 12.8 Å². The van der Waals surface area contributed by atoms with E-state index < -0.39 is 10.0 Å². The second kappa shape index (κ2) is 10.1. The van der Waals surface area contributed by atoms with E-state index in [1.54, 1.807) is 13.2 Å². The van der Waals surface area contributed by atoms with Gasteiger partial charge in [-0.1, -0.05) is 11.6 Å². The van der Waals surface area contributed by atoms with Gasteiger partial charge in [-0.25, -0.2) is 17.7 Å². The van der Waals surface area contributed by atoms with Gasteiger partial charge in [0.25, 0.3) is 0 Å². The molecule has 2 saturated heterocycles. The van der Waals surface area contributed by atoms with Crippen molar-refractivity contribution in [2.75, 3.05) is 50.4 Å². The zero-order chi connectivity index (χ0) is 18.6. The van der Waals surface area contributed by atoms with Crippen LogP contribution in [0.2, 0.25) is 5.02 Å².